The van der Waals surface area contributed by atoms with Gasteiger partial charge in [0.1, 0.15) is 17.8 Å². The van der Waals surface area contributed by atoms with Crippen molar-refractivity contribution < 1.29 is 23.5 Å². The number of carbonyl (C=O) groups excluding carboxylic acids is 3. The summed E-state index contributed by atoms with van der Waals surface area (Å²) in [4.78, 5) is 46.0. The number of thiazole rings is 1. The number of halogens is 1. The lowest BCUT2D eigenvalue weighted by atomic mass is 9.85. The summed E-state index contributed by atoms with van der Waals surface area (Å²) in [6.07, 6.45) is 2.80. The zero-order valence-corrected chi connectivity index (χ0v) is 25.5. The van der Waals surface area contributed by atoms with Crippen molar-refractivity contribution in [2.24, 2.45) is 5.41 Å². The minimum Gasteiger partial charge on any atom is -0.496 e. The van der Waals surface area contributed by atoms with Gasteiger partial charge in [-0.05, 0) is 49.7 Å². The Kier molecular flexibility index (Phi) is 10.3. The molecule has 8 nitrogen and oxygen atoms in total. The smallest absolute Gasteiger partial charge is 0.258 e. The van der Waals surface area contributed by atoms with E-state index in [9.17, 15) is 18.8 Å². The molecule has 220 valence electrons. The maximum Gasteiger partial charge on any atom is 0.258 e. The normalized spacial score (nSPS) is 18.3. The lowest BCUT2D eigenvalue weighted by Crippen LogP contribution is -2.58. The number of hydrogen-bond acceptors (Lipinski definition) is 6. The van der Waals surface area contributed by atoms with E-state index in [1.165, 1.54) is 11.3 Å². The van der Waals surface area contributed by atoms with E-state index in [-0.39, 0.29) is 31.2 Å². The van der Waals surface area contributed by atoms with Gasteiger partial charge in [-0.25, -0.2) is 9.37 Å². The predicted octanol–water partition coefficient (Wildman–Crippen LogP) is 5.18. The van der Waals surface area contributed by atoms with Crippen LogP contribution in [0, 0.1) is 12.3 Å². The fraction of sp³-hybridized carbons (Fsp3) is 0.600. The molecule has 10 heteroatoms. The van der Waals surface area contributed by atoms with E-state index in [0.717, 1.165) is 21.7 Å². The summed E-state index contributed by atoms with van der Waals surface area (Å²) in [6, 6.07) is 4.25. The molecule has 2 aromatic rings. The van der Waals surface area contributed by atoms with Crippen molar-refractivity contribution in [3.63, 3.8) is 0 Å². The molecule has 0 bridgehead atoms. The maximum absolute atomic E-state index is 14.3. The first kappa shape index (κ1) is 31.5. The maximum atomic E-state index is 14.3. The Bertz CT molecular complexity index is 1200. The second-order valence-corrected chi connectivity index (χ2v) is 12.5. The average molecular weight is 575 g/mol. The van der Waals surface area contributed by atoms with Crippen molar-refractivity contribution in [3.05, 3.63) is 35.0 Å². The van der Waals surface area contributed by atoms with Crippen LogP contribution in [0.3, 0.4) is 0 Å². The van der Waals surface area contributed by atoms with Gasteiger partial charge >= 0.3 is 0 Å². The monoisotopic (exact) mass is 574 g/mol. The third kappa shape index (κ3) is 7.38. The lowest BCUT2D eigenvalue weighted by molar-refractivity contribution is -0.144. The number of nitrogens with one attached hydrogen (secondary N) is 2. The fourth-order valence-corrected chi connectivity index (χ4v) is 5.43. The molecule has 1 saturated carbocycles. The van der Waals surface area contributed by atoms with Crippen LogP contribution in [0.15, 0.2) is 23.7 Å². The topological polar surface area (TPSA) is 101 Å². The van der Waals surface area contributed by atoms with Crippen LogP contribution in [0.5, 0.6) is 5.75 Å². The van der Waals surface area contributed by atoms with E-state index in [1.807, 2.05) is 45.9 Å². The highest BCUT2D eigenvalue weighted by atomic mass is 32.1. The molecule has 0 spiro atoms. The summed E-state index contributed by atoms with van der Waals surface area (Å²) in [6.45, 7) is 12.3. The van der Waals surface area contributed by atoms with E-state index in [0.29, 0.717) is 25.1 Å². The van der Waals surface area contributed by atoms with Crippen LogP contribution in [-0.2, 0) is 20.9 Å². The van der Waals surface area contributed by atoms with E-state index in [4.69, 9.17) is 4.74 Å². The van der Waals surface area contributed by atoms with Gasteiger partial charge in [-0.1, -0.05) is 53.2 Å². The molecule has 3 amide bonds. The second-order valence-electron chi connectivity index (χ2n) is 11.6. The van der Waals surface area contributed by atoms with Crippen LogP contribution in [0.25, 0.3) is 10.4 Å². The van der Waals surface area contributed by atoms with Crippen LogP contribution < -0.4 is 15.4 Å². The summed E-state index contributed by atoms with van der Waals surface area (Å²) in [7, 11) is 1.59. The Morgan fingerprint density at radius 3 is 2.48 bits per heavy atom. The Hall–Kier alpha value is -3.01. The molecule has 1 aliphatic carbocycles. The van der Waals surface area contributed by atoms with Gasteiger partial charge in [-0.3, -0.25) is 14.4 Å². The lowest BCUT2D eigenvalue weighted by Gasteiger charge is -2.35. The molecule has 1 aliphatic heterocycles. The number of rotatable bonds is 8. The number of carbonyl (C=O) groups is 3. The number of amides is 3. The summed E-state index contributed by atoms with van der Waals surface area (Å²) in [5.74, 6) is -0.714. The van der Waals surface area contributed by atoms with Gasteiger partial charge in [0, 0.05) is 18.7 Å². The third-order valence-electron chi connectivity index (χ3n) is 7.07. The van der Waals surface area contributed by atoms with Gasteiger partial charge in [-0.15, -0.1) is 11.3 Å². The largest absolute Gasteiger partial charge is 0.496 e. The number of aromatic nitrogens is 1. The van der Waals surface area contributed by atoms with Gasteiger partial charge < -0.3 is 20.3 Å². The van der Waals surface area contributed by atoms with Gasteiger partial charge in [0.25, 0.3) is 5.91 Å². The zero-order valence-electron chi connectivity index (χ0n) is 24.7. The van der Waals surface area contributed by atoms with Gasteiger partial charge in [0.05, 0.1) is 23.2 Å². The second kappa shape index (κ2) is 13.1. The first-order valence-electron chi connectivity index (χ1n) is 14.0. The van der Waals surface area contributed by atoms with E-state index in [2.05, 4.69) is 29.5 Å². The van der Waals surface area contributed by atoms with Crippen molar-refractivity contribution in [3.8, 4) is 16.2 Å². The van der Waals surface area contributed by atoms with Crippen LogP contribution in [0.2, 0.25) is 0 Å². The van der Waals surface area contributed by atoms with Crippen molar-refractivity contribution in [2.75, 3.05) is 13.7 Å². The SMILES string of the molecule is CCC.COc1cc(-c2scnc2C)ccc1CNC(=O)C1CCCN1C(=O)C(NC(=O)C1(F)CC1)C(C)(C)C. The van der Waals surface area contributed by atoms with Crippen molar-refractivity contribution in [2.45, 2.75) is 97.9 Å². The molecule has 2 N–H and O–H groups in total. The highest BCUT2D eigenvalue weighted by Crippen LogP contribution is 2.40. The Labute approximate surface area is 241 Å². The molecule has 0 radical (unpaired) electrons. The van der Waals surface area contributed by atoms with E-state index < -0.39 is 29.1 Å². The molecule has 2 aliphatic rings. The molecule has 40 heavy (non-hydrogen) atoms. The zero-order chi connectivity index (χ0) is 29.7. The number of nitrogens with zero attached hydrogens (tertiary/aromatic N) is 2. The number of aryl methyl sites for hydroxylation is 1. The highest BCUT2D eigenvalue weighted by Gasteiger charge is 2.53. The average Bonchev–Trinajstić information content (AvgIpc) is 3.28. The quantitative estimate of drug-likeness (QED) is 0.452. The van der Waals surface area contributed by atoms with Crippen LogP contribution in [0.4, 0.5) is 4.39 Å². The van der Waals surface area contributed by atoms with Crippen molar-refractivity contribution >= 4 is 29.1 Å². The molecule has 1 saturated heterocycles. The number of alkyl halides is 1. The van der Waals surface area contributed by atoms with Crippen molar-refractivity contribution in [1.29, 1.82) is 0 Å². The molecular weight excluding hydrogens is 531 g/mol. The standard InChI is InChI=1S/C27H35FN4O4S.C3H8/c1-16-21(37-15-30-16)17-8-9-18(20(13-17)36-5)14-29-23(33)19-7-6-12-32(19)24(34)22(26(2,3)4)31-25(35)27(28)10-11-27;1-3-2/h8-9,13,15,19,22H,6-7,10-12,14H2,1-5H3,(H,29,33)(H,31,35);3H2,1-2H3. The minimum absolute atomic E-state index is 0.174. The first-order chi connectivity index (χ1) is 18.9. The van der Waals surface area contributed by atoms with Crippen LogP contribution in [-0.4, -0.2) is 59.0 Å². The molecule has 2 unspecified atom stereocenters. The van der Waals surface area contributed by atoms with Crippen LogP contribution >= 0.6 is 11.3 Å². The van der Waals surface area contributed by atoms with E-state index in [1.54, 1.807) is 24.0 Å². The molecule has 1 aromatic carbocycles. The molecule has 2 heterocycles. The Morgan fingerprint density at radius 1 is 1.25 bits per heavy atom. The highest BCUT2D eigenvalue weighted by molar-refractivity contribution is 7.13. The van der Waals surface area contributed by atoms with Gasteiger partial charge in [-0.2, -0.15) is 0 Å². The van der Waals surface area contributed by atoms with Gasteiger partial charge in [0.15, 0.2) is 5.67 Å². The number of ether oxygens (including phenoxy) is 1. The molecular formula is C30H43FN4O4S. The molecule has 2 atom stereocenters. The summed E-state index contributed by atoms with van der Waals surface area (Å²) >= 11 is 1.56. The Balaban J connectivity index is 0.00000141. The number of benzene rings is 1. The van der Waals surface area contributed by atoms with Crippen LogP contribution in [0.1, 0.15) is 78.0 Å². The number of hydrogen-bond donors (Lipinski definition) is 2. The minimum atomic E-state index is -1.88. The number of methoxy groups -OCH3 is 1. The van der Waals surface area contributed by atoms with E-state index >= 15 is 0 Å². The summed E-state index contributed by atoms with van der Waals surface area (Å²) in [5.41, 5.74) is 2.04. The summed E-state index contributed by atoms with van der Waals surface area (Å²) in [5, 5.41) is 5.58. The molecule has 4 rings (SSSR count). The summed E-state index contributed by atoms with van der Waals surface area (Å²) < 4.78 is 19.9. The molecule has 1 aromatic heterocycles. The predicted molar refractivity (Wildman–Crippen MR) is 156 cm³/mol. The fourth-order valence-electron chi connectivity index (χ4n) is 4.63. The van der Waals surface area contributed by atoms with Crippen molar-refractivity contribution in [1.82, 2.24) is 20.5 Å². The van der Waals surface area contributed by atoms with Gasteiger partial charge in [0.2, 0.25) is 11.8 Å². The first-order valence-corrected chi connectivity index (χ1v) is 14.9. The third-order valence-corrected chi connectivity index (χ3v) is 8.05. The molecule has 2 fully saturated rings. The number of likely N-dealkylation sites (tertiary alicyclic amines) is 1. The Morgan fingerprint density at radius 2 is 1.93 bits per heavy atom.